The first-order valence-electron chi connectivity index (χ1n) is 5.55. The van der Waals surface area contributed by atoms with E-state index in [9.17, 15) is 15.3 Å². The first kappa shape index (κ1) is 11.4. The number of rotatable bonds is 1. The van der Waals surface area contributed by atoms with Crippen molar-refractivity contribution >= 4 is 5.78 Å². The molecule has 0 spiro atoms. The number of nitrogens with zero attached hydrogens (tertiary/aromatic N) is 2. The standard InChI is InChI=1S/C14H12N2O/c1-10-12(17)7-14(8-15,9-16)13(10)11-5-3-2-4-6-11/h2-6,10,13H,7H2,1H3. The Morgan fingerprint density at radius 3 is 2.35 bits per heavy atom. The van der Waals surface area contributed by atoms with Gasteiger partial charge in [0.25, 0.3) is 0 Å². The summed E-state index contributed by atoms with van der Waals surface area (Å²) in [6.07, 6.45) is 0.0424. The second kappa shape index (κ2) is 4.03. The summed E-state index contributed by atoms with van der Waals surface area (Å²) in [5.41, 5.74) is -0.299. The number of benzene rings is 1. The van der Waals surface area contributed by atoms with Gasteiger partial charge in [0.15, 0.2) is 5.41 Å². The molecule has 1 aromatic rings. The molecule has 2 atom stereocenters. The molecule has 84 valence electrons. The van der Waals surface area contributed by atoms with Crippen molar-refractivity contribution in [2.45, 2.75) is 19.3 Å². The van der Waals surface area contributed by atoms with Crippen molar-refractivity contribution in [3.8, 4) is 12.1 Å². The maximum Gasteiger partial charge on any atom is 0.158 e. The predicted octanol–water partition coefficient (Wildman–Crippen LogP) is 2.41. The molecule has 0 bridgehead atoms. The van der Waals surface area contributed by atoms with E-state index in [2.05, 4.69) is 12.1 Å². The molecule has 1 aliphatic rings. The lowest BCUT2D eigenvalue weighted by atomic mass is 9.74. The smallest absolute Gasteiger partial charge is 0.158 e. The zero-order chi connectivity index (χ0) is 12.5. The van der Waals surface area contributed by atoms with Gasteiger partial charge in [-0.3, -0.25) is 4.79 Å². The Morgan fingerprint density at radius 2 is 1.82 bits per heavy atom. The molecule has 1 aromatic carbocycles. The van der Waals surface area contributed by atoms with Crippen LogP contribution in [0.5, 0.6) is 0 Å². The number of Topliss-reactive ketones (excluding diaryl/α,β-unsaturated/α-hetero) is 1. The minimum absolute atomic E-state index is 0.00181. The SMILES string of the molecule is CC1C(=O)CC(C#N)(C#N)C1c1ccccc1. The zero-order valence-electron chi connectivity index (χ0n) is 9.55. The Labute approximate surface area is 100 Å². The summed E-state index contributed by atoms with van der Waals surface area (Å²) in [6, 6.07) is 13.5. The third-order valence-electron chi connectivity index (χ3n) is 3.55. The van der Waals surface area contributed by atoms with E-state index in [-0.39, 0.29) is 24.0 Å². The topological polar surface area (TPSA) is 64.7 Å². The van der Waals surface area contributed by atoms with Gasteiger partial charge >= 0.3 is 0 Å². The van der Waals surface area contributed by atoms with Crippen LogP contribution in [0.2, 0.25) is 0 Å². The van der Waals surface area contributed by atoms with Gasteiger partial charge in [0.1, 0.15) is 5.78 Å². The van der Waals surface area contributed by atoms with Gasteiger partial charge < -0.3 is 0 Å². The van der Waals surface area contributed by atoms with E-state index in [1.165, 1.54) is 0 Å². The number of carbonyl (C=O) groups is 1. The van der Waals surface area contributed by atoms with Gasteiger partial charge in [-0.2, -0.15) is 10.5 Å². The fourth-order valence-corrected chi connectivity index (χ4v) is 2.64. The van der Waals surface area contributed by atoms with Crippen molar-refractivity contribution in [1.29, 1.82) is 10.5 Å². The molecule has 0 radical (unpaired) electrons. The lowest BCUT2D eigenvalue weighted by molar-refractivity contribution is -0.120. The monoisotopic (exact) mass is 224 g/mol. The van der Waals surface area contributed by atoms with Crippen LogP contribution in [0.1, 0.15) is 24.8 Å². The molecule has 1 fully saturated rings. The Morgan fingerprint density at radius 1 is 1.24 bits per heavy atom. The molecule has 3 heteroatoms. The average Bonchev–Trinajstić information content (AvgIpc) is 2.63. The van der Waals surface area contributed by atoms with Crippen molar-refractivity contribution in [2.75, 3.05) is 0 Å². The summed E-state index contributed by atoms with van der Waals surface area (Å²) in [4.78, 5) is 11.8. The molecule has 0 aromatic heterocycles. The summed E-state index contributed by atoms with van der Waals surface area (Å²) in [6.45, 7) is 1.80. The van der Waals surface area contributed by atoms with Crippen LogP contribution in [0.4, 0.5) is 0 Å². The van der Waals surface area contributed by atoms with E-state index in [1.807, 2.05) is 30.3 Å². The highest BCUT2D eigenvalue weighted by Gasteiger charge is 2.53. The summed E-state index contributed by atoms with van der Waals surface area (Å²) in [7, 11) is 0. The van der Waals surface area contributed by atoms with E-state index in [0.29, 0.717) is 0 Å². The van der Waals surface area contributed by atoms with Crippen molar-refractivity contribution in [1.82, 2.24) is 0 Å². The highest BCUT2D eigenvalue weighted by Crippen LogP contribution is 2.50. The first-order chi connectivity index (χ1) is 8.14. The molecule has 0 aliphatic heterocycles. The van der Waals surface area contributed by atoms with E-state index in [0.717, 1.165) is 5.56 Å². The van der Waals surface area contributed by atoms with Gasteiger partial charge in [0, 0.05) is 18.3 Å². The highest BCUT2D eigenvalue weighted by molar-refractivity contribution is 5.87. The fraction of sp³-hybridized carbons (Fsp3) is 0.357. The second-order valence-electron chi connectivity index (χ2n) is 4.52. The normalized spacial score (nSPS) is 26.2. The average molecular weight is 224 g/mol. The Hall–Kier alpha value is -2.13. The molecular formula is C14H12N2O. The first-order valence-corrected chi connectivity index (χ1v) is 5.55. The number of hydrogen-bond donors (Lipinski definition) is 0. The minimum Gasteiger partial charge on any atom is -0.299 e. The number of carbonyl (C=O) groups excluding carboxylic acids is 1. The van der Waals surface area contributed by atoms with Gasteiger partial charge in [-0.05, 0) is 5.56 Å². The molecular weight excluding hydrogens is 212 g/mol. The van der Waals surface area contributed by atoms with Crippen LogP contribution in [-0.2, 0) is 4.79 Å². The van der Waals surface area contributed by atoms with Gasteiger partial charge in [-0.25, -0.2) is 0 Å². The van der Waals surface area contributed by atoms with E-state index in [4.69, 9.17) is 0 Å². The molecule has 0 N–H and O–H groups in total. The van der Waals surface area contributed by atoms with Gasteiger partial charge in [0.2, 0.25) is 0 Å². The highest BCUT2D eigenvalue weighted by atomic mass is 16.1. The Bertz CT molecular complexity index is 507. The maximum atomic E-state index is 11.8. The molecule has 17 heavy (non-hydrogen) atoms. The van der Waals surface area contributed by atoms with Crippen LogP contribution >= 0.6 is 0 Å². The number of nitriles is 2. The van der Waals surface area contributed by atoms with Crippen LogP contribution in [0.3, 0.4) is 0 Å². The van der Waals surface area contributed by atoms with Crippen LogP contribution in [0.25, 0.3) is 0 Å². The Balaban J connectivity index is 2.54. The van der Waals surface area contributed by atoms with Gasteiger partial charge in [0.05, 0.1) is 12.1 Å². The molecule has 3 nitrogen and oxygen atoms in total. The van der Waals surface area contributed by atoms with E-state index in [1.54, 1.807) is 6.92 Å². The summed E-state index contributed by atoms with van der Waals surface area (Å²) in [5, 5.41) is 18.5. The number of hydrogen-bond acceptors (Lipinski definition) is 3. The van der Waals surface area contributed by atoms with Crippen molar-refractivity contribution in [2.24, 2.45) is 11.3 Å². The lowest BCUT2D eigenvalue weighted by Gasteiger charge is -2.23. The lowest BCUT2D eigenvalue weighted by Crippen LogP contribution is -2.22. The quantitative estimate of drug-likeness (QED) is 0.735. The third kappa shape index (κ3) is 1.61. The van der Waals surface area contributed by atoms with Crippen molar-refractivity contribution < 1.29 is 4.79 Å². The largest absolute Gasteiger partial charge is 0.299 e. The molecule has 2 rings (SSSR count). The van der Waals surface area contributed by atoms with Gasteiger partial charge in [-0.1, -0.05) is 37.3 Å². The minimum atomic E-state index is -1.20. The molecule has 0 amide bonds. The maximum absolute atomic E-state index is 11.8. The van der Waals surface area contributed by atoms with Crippen LogP contribution < -0.4 is 0 Å². The summed E-state index contributed by atoms with van der Waals surface area (Å²) < 4.78 is 0. The third-order valence-corrected chi connectivity index (χ3v) is 3.55. The fourth-order valence-electron chi connectivity index (χ4n) is 2.64. The number of ketones is 1. The van der Waals surface area contributed by atoms with Crippen LogP contribution in [-0.4, -0.2) is 5.78 Å². The molecule has 0 heterocycles. The zero-order valence-corrected chi connectivity index (χ0v) is 9.55. The van der Waals surface area contributed by atoms with E-state index < -0.39 is 5.41 Å². The predicted molar refractivity (Wildman–Crippen MR) is 61.6 cm³/mol. The summed E-state index contributed by atoms with van der Waals surface area (Å²) in [5.74, 6) is -0.579. The van der Waals surface area contributed by atoms with Gasteiger partial charge in [-0.15, -0.1) is 0 Å². The Kier molecular flexibility index (Phi) is 2.69. The summed E-state index contributed by atoms with van der Waals surface area (Å²) >= 11 is 0. The van der Waals surface area contributed by atoms with Crippen molar-refractivity contribution in [3.05, 3.63) is 35.9 Å². The molecule has 1 saturated carbocycles. The van der Waals surface area contributed by atoms with Crippen LogP contribution in [0, 0.1) is 34.0 Å². The van der Waals surface area contributed by atoms with Crippen molar-refractivity contribution in [3.63, 3.8) is 0 Å². The molecule has 2 unspecified atom stereocenters. The molecule has 1 aliphatic carbocycles. The second-order valence-corrected chi connectivity index (χ2v) is 4.52. The van der Waals surface area contributed by atoms with Crippen LogP contribution in [0.15, 0.2) is 30.3 Å². The molecule has 0 saturated heterocycles. The van der Waals surface area contributed by atoms with E-state index >= 15 is 0 Å².